The molecule has 0 radical (unpaired) electrons. The summed E-state index contributed by atoms with van der Waals surface area (Å²) in [6.45, 7) is 8.64. The predicted octanol–water partition coefficient (Wildman–Crippen LogP) is 1.55. The quantitative estimate of drug-likeness (QED) is 0.717. The van der Waals surface area contributed by atoms with Gasteiger partial charge in [0.15, 0.2) is 0 Å². The average Bonchev–Trinajstić information content (AvgIpc) is 2.17. The number of hydrogen-bond acceptors (Lipinski definition) is 3. The Balaban J connectivity index is 0.00000169. The Bertz CT molecular complexity index is 203. The molecule has 0 aromatic heterocycles. The van der Waals surface area contributed by atoms with Crippen molar-refractivity contribution in [2.24, 2.45) is 5.73 Å². The van der Waals surface area contributed by atoms with Gasteiger partial charge in [-0.25, -0.2) is 0 Å². The zero-order valence-corrected chi connectivity index (χ0v) is 10.1. The van der Waals surface area contributed by atoms with Crippen LogP contribution in [0.25, 0.3) is 0 Å². The first-order chi connectivity index (χ1) is 5.89. The van der Waals surface area contributed by atoms with Crippen LogP contribution in [0.15, 0.2) is 12.1 Å². The molecule has 0 atom stereocenters. The lowest BCUT2D eigenvalue weighted by molar-refractivity contribution is 0.00578. The first-order valence-corrected chi connectivity index (χ1v) is 4.61. The number of rotatable bonds is 2. The smallest absolute Gasteiger partial charge is 0.400 e. The van der Waals surface area contributed by atoms with Crippen LogP contribution in [-0.4, -0.2) is 24.9 Å². The van der Waals surface area contributed by atoms with Crippen molar-refractivity contribution in [3.05, 3.63) is 12.1 Å². The Kier molecular flexibility index (Phi) is 4.65. The van der Waals surface area contributed by atoms with Crippen LogP contribution >= 0.6 is 12.4 Å². The highest BCUT2D eigenvalue weighted by Crippen LogP contribution is 2.36. The summed E-state index contributed by atoms with van der Waals surface area (Å²) in [5.41, 5.74) is 4.84. The third-order valence-electron chi connectivity index (χ3n) is 2.70. The Hall–Kier alpha value is -0.0251. The van der Waals surface area contributed by atoms with E-state index in [1.165, 1.54) is 0 Å². The molecule has 0 unspecified atom stereocenters. The molecule has 0 saturated carbocycles. The van der Waals surface area contributed by atoms with E-state index in [1.807, 2.05) is 39.7 Å². The first kappa shape index (κ1) is 14.0. The molecule has 0 aliphatic carbocycles. The van der Waals surface area contributed by atoms with Crippen molar-refractivity contribution in [3.63, 3.8) is 0 Å². The highest BCUT2D eigenvalue weighted by Gasteiger charge is 2.49. The molecule has 1 aliphatic heterocycles. The van der Waals surface area contributed by atoms with Gasteiger partial charge in [-0.15, -0.1) is 12.4 Å². The third kappa shape index (κ3) is 2.73. The van der Waals surface area contributed by atoms with Crippen LogP contribution in [0.5, 0.6) is 0 Å². The molecule has 0 aromatic carbocycles. The van der Waals surface area contributed by atoms with Crippen molar-refractivity contribution in [2.75, 3.05) is 6.54 Å². The zero-order chi connectivity index (χ0) is 10.1. The summed E-state index contributed by atoms with van der Waals surface area (Å²) in [5.74, 6) is 1.86. The molecule has 3 nitrogen and oxygen atoms in total. The molecule has 5 heteroatoms. The van der Waals surface area contributed by atoms with E-state index in [0.717, 1.165) is 0 Å². The van der Waals surface area contributed by atoms with Gasteiger partial charge in [-0.1, -0.05) is 12.1 Å². The normalized spacial score (nSPS) is 23.9. The van der Waals surface area contributed by atoms with Crippen LogP contribution in [0.3, 0.4) is 0 Å². The molecule has 0 amide bonds. The lowest BCUT2D eigenvalue weighted by atomic mass is 9.90. The average molecular weight is 220 g/mol. The van der Waals surface area contributed by atoms with E-state index in [4.69, 9.17) is 15.0 Å². The van der Waals surface area contributed by atoms with Crippen LogP contribution in [0, 0.1) is 0 Å². The van der Waals surface area contributed by atoms with E-state index >= 15 is 0 Å². The van der Waals surface area contributed by atoms with Gasteiger partial charge in [-0.05, 0) is 27.7 Å². The molecular formula is C9H19BClNO2. The lowest BCUT2D eigenvalue weighted by Gasteiger charge is -2.32. The maximum Gasteiger partial charge on any atom is 0.486 e. The first-order valence-electron chi connectivity index (χ1n) is 4.61. The molecule has 82 valence electrons. The fourth-order valence-electron chi connectivity index (χ4n) is 1.16. The second kappa shape index (κ2) is 4.66. The second-order valence-electron chi connectivity index (χ2n) is 4.29. The minimum absolute atomic E-state index is 0. The summed E-state index contributed by atoms with van der Waals surface area (Å²) in [4.78, 5) is 0. The lowest BCUT2D eigenvalue weighted by Crippen LogP contribution is -2.41. The number of hydrogen-bond donors (Lipinski definition) is 1. The van der Waals surface area contributed by atoms with Gasteiger partial charge < -0.3 is 15.0 Å². The van der Waals surface area contributed by atoms with Crippen LogP contribution in [0.2, 0.25) is 0 Å². The van der Waals surface area contributed by atoms with E-state index in [9.17, 15) is 0 Å². The molecule has 0 aromatic rings. The van der Waals surface area contributed by atoms with Crippen molar-refractivity contribution in [1.29, 1.82) is 0 Å². The maximum atomic E-state index is 5.70. The highest BCUT2D eigenvalue weighted by atomic mass is 35.5. The summed E-state index contributed by atoms with van der Waals surface area (Å²) in [6, 6.07) is 0. The molecule has 1 rings (SSSR count). The monoisotopic (exact) mass is 219 g/mol. The van der Waals surface area contributed by atoms with Gasteiger partial charge in [0.25, 0.3) is 0 Å². The van der Waals surface area contributed by atoms with Gasteiger partial charge in [0, 0.05) is 6.54 Å². The van der Waals surface area contributed by atoms with Gasteiger partial charge >= 0.3 is 7.12 Å². The van der Waals surface area contributed by atoms with Crippen LogP contribution in [0.4, 0.5) is 0 Å². The minimum atomic E-state index is -0.256. The SMILES string of the molecule is CC1(C)OB(/C=C/CN)OC1(C)C.Cl. The standard InChI is InChI=1S/C9H18BNO2.ClH/c1-8(2)9(3,4)13-10(12-8)6-5-7-11;/h5-6H,7,11H2,1-4H3;1H/b6-5+;. The van der Waals surface area contributed by atoms with Gasteiger partial charge in [0.05, 0.1) is 11.2 Å². The summed E-state index contributed by atoms with van der Waals surface area (Å²) in [6.07, 6.45) is 1.85. The fourth-order valence-corrected chi connectivity index (χ4v) is 1.16. The van der Waals surface area contributed by atoms with Gasteiger partial charge in [0.2, 0.25) is 0 Å². The molecule has 2 N–H and O–H groups in total. The molecule has 0 spiro atoms. The summed E-state index contributed by atoms with van der Waals surface area (Å²) in [5, 5.41) is 0. The van der Waals surface area contributed by atoms with Gasteiger partial charge in [-0.2, -0.15) is 0 Å². The largest absolute Gasteiger partial charge is 0.486 e. The Morgan fingerprint density at radius 2 is 1.57 bits per heavy atom. The topological polar surface area (TPSA) is 44.5 Å². The van der Waals surface area contributed by atoms with Crippen molar-refractivity contribution in [2.45, 2.75) is 38.9 Å². The number of halogens is 1. The molecule has 1 fully saturated rings. The van der Waals surface area contributed by atoms with E-state index in [2.05, 4.69) is 0 Å². The van der Waals surface area contributed by atoms with Gasteiger partial charge in [-0.3, -0.25) is 0 Å². The maximum absolute atomic E-state index is 5.70. The predicted molar refractivity (Wildman–Crippen MR) is 61.5 cm³/mol. The highest BCUT2D eigenvalue weighted by molar-refractivity contribution is 6.51. The van der Waals surface area contributed by atoms with E-state index in [1.54, 1.807) is 0 Å². The third-order valence-corrected chi connectivity index (χ3v) is 2.70. The van der Waals surface area contributed by atoms with Crippen molar-refractivity contribution >= 4 is 19.5 Å². The van der Waals surface area contributed by atoms with E-state index in [-0.39, 0.29) is 30.7 Å². The molecule has 14 heavy (non-hydrogen) atoms. The number of nitrogens with two attached hydrogens (primary N) is 1. The van der Waals surface area contributed by atoms with Crippen LogP contribution in [0.1, 0.15) is 27.7 Å². The van der Waals surface area contributed by atoms with Crippen LogP contribution in [-0.2, 0) is 9.31 Å². The molecule has 1 heterocycles. The van der Waals surface area contributed by atoms with Gasteiger partial charge in [0.1, 0.15) is 0 Å². The van der Waals surface area contributed by atoms with Crippen molar-refractivity contribution in [1.82, 2.24) is 0 Å². The van der Waals surface area contributed by atoms with Crippen LogP contribution < -0.4 is 5.73 Å². The second-order valence-corrected chi connectivity index (χ2v) is 4.29. The van der Waals surface area contributed by atoms with E-state index in [0.29, 0.717) is 6.54 Å². The zero-order valence-electron chi connectivity index (χ0n) is 9.24. The molecular weight excluding hydrogens is 200 g/mol. The molecule has 0 bridgehead atoms. The Labute approximate surface area is 92.6 Å². The summed E-state index contributed by atoms with van der Waals surface area (Å²) in [7, 11) is -0.256. The Morgan fingerprint density at radius 1 is 1.14 bits per heavy atom. The Morgan fingerprint density at radius 3 is 1.93 bits per heavy atom. The molecule has 1 saturated heterocycles. The summed E-state index contributed by atoms with van der Waals surface area (Å²) >= 11 is 0. The van der Waals surface area contributed by atoms with E-state index < -0.39 is 0 Å². The van der Waals surface area contributed by atoms with Crippen molar-refractivity contribution in [3.8, 4) is 0 Å². The minimum Gasteiger partial charge on any atom is -0.400 e. The molecule has 1 aliphatic rings. The summed E-state index contributed by atoms with van der Waals surface area (Å²) < 4.78 is 11.4. The fraction of sp³-hybridized carbons (Fsp3) is 0.778. The van der Waals surface area contributed by atoms with Crippen molar-refractivity contribution < 1.29 is 9.31 Å².